The van der Waals surface area contributed by atoms with E-state index in [4.69, 9.17) is 28.3 Å². The number of carboxylic acids is 1. The van der Waals surface area contributed by atoms with E-state index in [1.165, 1.54) is 6.08 Å². The quantitative estimate of drug-likeness (QED) is 0.459. The third-order valence-electron chi connectivity index (χ3n) is 3.11. The summed E-state index contributed by atoms with van der Waals surface area (Å²) in [4.78, 5) is 10.1. The Hall–Kier alpha value is -0.210. The van der Waals surface area contributed by atoms with Crippen molar-refractivity contribution in [3.8, 4) is 0 Å². The second kappa shape index (κ2) is 8.16. The number of allylic oxidation sites excluding steroid dienone is 1. The zero-order valence-corrected chi connectivity index (χ0v) is 13.9. The molecule has 0 aromatic heterocycles. The summed E-state index contributed by atoms with van der Waals surface area (Å²) in [5.74, 6) is -0.879. The largest absolute Gasteiger partial charge is 0.478 e. The molecule has 2 nitrogen and oxygen atoms in total. The Bertz CT molecular complexity index is 315. The van der Waals surface area contributed by atoms with Crippen LogP contribution < -0.4 is 0 Å². The van der Waals surface area contributed by atoms with Gasteiger partial charge in [0, 0.05) is 15.8 Å². The number of alkyl halides is 2. The molecule has 0 amide bonds. The zero-order valence-electron chi connectivity index (χ0n) is 12.4. The Morgan fingerprint density at radius 3 is 2.11 bits per heavy atom. The lowest BCUT2D eigenvalue weighted by Gasteiger charge is -2.24. The van der Waals surface area contributed by atoms with Crippen LogP contribution in [0, 0.1) is 0 Å². The van der Waals surface area contributed by atoms with Gasteiger partial charge in [0.15, 0.2) is 0 Å². The van der Waals surface area contributed by atoms with Crippen molar-refractivity contribution in [3.63, 3.8) is 0 Å². The molecule has 0 radical (unpaired) electrons. The lowest BCUT2D eigenvalue weighted by atomic mass is 9.93. The van der Waals surface area contributed by atoms with E-state index in [1.54, 1.807) is 0 Å². The molecule has 0 saturated heterocycles. The minimum atomic E-state index is -0.879. The highest BCUT2D eigenvalue weighted by Crippen LogP contribution is 2.31. The molecule has 0 aromatic carbocycles. The average molecular weight is 309 g/mol. The highest BCUT2D eigenvalue weighted by Gasteiger charge is 2.22. The lowest BCUT2D eigenvalue weighted by Crippen LogP contribution is -2.18. The lowest BCUT2D eigenvalue weighted by molar-refractivity contribution is -0.131. The number of halogens is 2. The number of carbonyl (C=O) groups is 1. The summed E-state index contributed by atoms with van der Waals surface area (Å²) in [5, 5.41) is 8.62. The summed E-state index contributed by atoms with van der Waals surface area (Å²) in [5.41, 5.74) is 0.891. The van der Waals surface area contributed by atoms with Crippen LogP contribution in [0.2, 0.25) is 0 Å². The molecular weight excluding hydrogens is 283 g/mol. The Labute approximate surface area is 127 Å². The highest BCUT2D eigenvalue weighted by atomic mass is 35.5. The van der Waals surface area contributed by atoms with Gasteiger partial charge < -0.3 is 5.11 Å². The molecule has 0 rings (SSSR count). The second-order valence-corrected chi connectivity index (χ2v) is 8.10. The summed E-state index contributed by atoms with van der Waals surface area (Å²) < 4.78 is 0. The van der Waals surface area contributed by atoms with Crippen LogP contribution in [0.25, 0.3) is 0 Å². The number of aliphatic carboxylic acids is 1. The van der Waals surface area contributed by atoms with Gasteiger partial charge in [0.25, 0.3) is 0 Å². The van der Waals surface area contributed by atoms with E-state index < -0.39 is 5.97 Å². The first-order chi connectivity index (χ1) is 8.52. The van der Waals surface area contributed by atoms with Gasteiger partial charge in [0.1, 0.15) is 0 Å². The number of rotatable bonds is 9. The molecule has 0 spiro atoms. The predicted octanol–water partition coefficient (Wildman–Crippen LogP) is 5.37. The van der Waals surface area contributed by atoms with Gasteiger partial charge in [0.2, 0.25) is 0 Å². The van der Waals surface area contributed by atoms with Crippen molar-refractivity contribution in [1.29, 1.82) is 0 Å². The van der Waals surface area contributed by atoms with E-state index in [0.717, 1.165) is 44.1 Å². The molecule has 0 aliphatic heterocycles. The zero-order chi connectivity index (χ0) is 15.1. The predicted molar refractivity (Wildman–Crippen MR) is 83.3 cm³/mol. The van der Waals surface area contributed by atoms with E-state index >= 15 is 0 Å². The molecule has 112 valence electrons. The van der Waals surface area contributed by atoms with Crippen LogP contribution in [0.3, 0.4) is 0 Å². The van der Waals surface area contributed by atoms with E-state index in [2.05, 4.69) is 0 Å². The van der Waals surface area contributed by atoms with Gasteiger partial charge in [-0.3, -0.25) is 0 Å². The fourth-order valence-corrected chi connectivity index (χ4v) is 2.42. The molecule has 0 heterocycles. The summed E-state index contributed by atoms with van der Waals surface area (Å²) in [7, 11) is 0. The van der Waals surface area contributed by atoms with Crippen molar-refractivity contribution in [2.45, 2.75) is 76.0 Å². The molecule has 4 heteroatoms. The number of hydrogen-bond acceptors (Lipinski definition) is 1. The van der Waals surface area contributed by atoms with Gasteiger partial charge in [-0.05, 0) is 66.2 Å². The van der Waals surface area contributed by atoms with Crippen molar-refractivity contribution >= 4 is 29.2 Å². The van der Waals surface area contributed by atoms with Gasteiger partial charge in [-0.1, -0.05) is 5.57 Å². The molecule has 0 aliphatic carbocycles. The first kappa shape index (κ1) is 18.8. The molecule has 1 atom stereocenters. The maximum Gasteiger partial charge on any atom is 0.328 e. The van der Waals surface area contributed by atoms with Crippen LogP contribution in [0.4, 0.5) is 0 Å². The van der Waals surface area contributed by atoms with Crippen molar-refractivity contribution in [1.82, 2.24) is 0 Å². The number of hydrogen-bond donors (Lipinski definition) is 1. The molecule has 0 aliphatic rings. The summed E-state index contributed by atoms with van der Waals surface area (Å²) in [6.07, 6.45) is 6.76. The van der Waals surface area contributed by atoms with Crippen LogP contribution in [-0.4, -0.2) is 20.8 Å². The van der Waals surface area contributed by atoms with Gasteiger partial charge in [-0.25, -0.2) is 4.79 Å². The van der Waals surface area contributed by atoms with E-state index in [1.807, 2.05) is 27.7 Å². The first-order valence-electron chi connectivity index (χ1n) is 6.80. The molecule has 0 saturated carbocycles. The molecule has 19 heavy (non-hydrogen) atoms. The van der Waals surface area contributed by atoms with Crippen molar-refractivity contribution in [2.24, 2.45) is 0 Å². The topological polar surface area (TPSA) is 37.3 Å². The van der Waals surface area contributed by atoms with Crippen LogP contribution in [0.5, 0.6) is 0 Å². The summed E-state index contributed by atoms with van der Waals surface area (Å²) >= 11 is 12.6. The van der Waals surface area contributed by atoms with Crippen molar-refractivity contribution in [2.75, 3.05) is 0 Å². The minimum Gasteiger partial charge on any atom is -0.478 e. The van der Waals surface area contributed by atoms with E-state index in [-0.39, 0.29) is 9.75 Å². The molecule has 0 bridgehead atoms. The molecule has 1 N–H and O–H groups in total. The third-order valence-corrected chi connectivity index (χ3v) is 3.68. The fraction of sp³-hybridized carbons (Fsp3) is 0.800. The molecule has 1 unspecified atom stereocenters. The Morgan fingerprint density at radius 1 is 1.11 bits per heavy atom. The Balaban J connectivity index is 3.94. The molecular formula is C15H26Cl2O2. The molecule has 0 aromatic rings. The normalized spacial score (nSPS) is 16.2. The van der Waals surface area contributed by atoms with Gasteiger partial charge in [-0.2, -0.15) is 0 Å². The van der Waals surface area contributed by atoms with Crippen LogP contribution in [0.15, 0.2) is 11.6 Å². The van der Waals surface area contributed by atoms with E-state index in [0.29, 0.717) is 0 Å². The second-order valence-electron chi connectivity index (χ2n) is 6.17. The van der Waals surface area contributed by atoms with Crippen LogP contribution in [0.1, 0.15) is 66.2 Å². The monoisotopic (exact) mass is 308 g/mol. The fourth-order valence-electron chi connectivity index (χ4n) is 2.02. The smallest absolute Gasteiger partial charge is 0.328 e. The maximum absolute atomic E-state index is 10.5. The Morgan fingerprint density at radius 2 is 1.63 bits per heavy atom. The molecule has 0 fully saturated rings. The SMILES string of the molecule is CC(=CC(=O)O)CCCC(C)(Cl)CCCC(C)(C)Cl. The standard InChI is InChI=1S/C15H26Cl2O2/c1-12(11-13(18)19)7-5-9-15(4,17)10-6-8-14(2,3)16/h11H,5-10H2,1-4H3,(H,18,19). The Kier molecular flexibility index (Phi) is 8.07. The van der Waals surface area contributed by atoms with Gasteiger partial charge in [-0.15, -0.1) is 23.2 Å². The third kappa shape index (κ3) is 12.6. The summed E-state index contributed by atoms with van der Waals surface area (Å²) in [6.45, 7) is 7.92. The van der Waals surface area contributed by atoms with Crippen molar-refractivity contribution < 1.29 is 9.90 Å². The van der Waals surface area contributed by atoms with Gasteiger partial charge >= 0.3 is 5.97 Å². The summed E-state index contributed by atoms with van der Waals surface area (Å²) in [6, 6.07) is 0. The highest BCUT2D eigenvalue weighted by molar-refractivity contribution is 6.24. The van der Waals surface area contributed by atoms with Crippen LogP contribution in [-0.2, 0) is 4.79 Å². The minimum absolute atomic E-state index is 0.159. The maximum atomic E-state index is 10.5. The van der Waals surface area contributed by atoms with Crippen LogP contribution >= 0.6 is 23.2 Å². The number of carboxylic acid groups (broad SMARTS) is 1. The van der Waals surface area contributed by atoms with Gasteiger partial charge in [0.05, 0.1) is 0 Å². The van der Waals surface area contributed by atoms with Crippen molar-refractivity contribution in [3.05, 3.63) is 11.6 Å². The van der Waals surface area contributed by atoms with E-state index in [9.17, 15) is 4.79 Å². The average Bonchev–Trinajstić information content (AvgIpc) is 2.12. The first-order valence-corrected chi connectivity index (χ1v) is 7.55.